The van der Waals surface area contributed by atoms with Crippen LogP contribution in [0.25, 0.3) is 0 Å². The molecule has 0 bridgehead atoms. The molecule has 0 spiro atoms. The molecule has 0 aromatic carbocycles. The van der Waals surface area contributed by atoms with Gasteiger partial charge in [0.25, 0.3) is 0 Å². The summed E-state index contributed by atoms with van der Waals surface area (Å²) in [5.41, 5.74) is 0. The maximum Gasteiger partial charge on any atom is 0.472 e. The lowest BCUT2D eigenvalue weighted by atomic mass is 10.0. The first kappa shape index (κ1) is 43.5. The Labute approximate surface area is 272 Å². The van der Waals surface area contributed by atoms with Crippen molar-refractivity contribution < 1.29 is 32.9 Å². The van der Waals surface area contributed by atoms with Crippen molar-refractivity contribution in [2.24, 2.45) is 0 Å². The summed E-state index contributed by atoms with van der Waals surface area (Å²) in [4.78, 5) is 22.9. The van der Waals surface area contributed by atoms with Crippen LogP contribution in [0.15, 0.2) is 0 Å². The lowest BCUT2D eigenvalue weighted by Crippen LogP contribution is -2.46. The van der Waals surface area contributed by atoms with Gasteiger partial charge in [-0.3, -0.25) is 13.8 Å². The molecular formula is C35H74N2O6P+. The van der Waals surface area contributed by atoms with Crippen molar-refractivity contribution in [2.45, 2.75) is 180 Å². The molecule has 3 atom stereocenters. The molecule has 8 nitrogen and oxygen atoms in total. The quantitative estimate of drug-likeness (QED) is 0.0372. The van der Waals surface area contributed by atoms with Crippen LogP contribution in [0, 0.1) is 0 Å². The van der Waals surface area contributed by atoms with Crippen LogP contribution in [0.4, 0.5) is 0 Å². The van der Waals surface area contributed by atoms with E-state index in [1.165, 1.54) is 103 Å². The Kier molecular flexibility index (Phi) is 28.4. The van der Waals surface area contributed by atoms with E-state index >= 15 is 0 Å². The number of unbranched alkanes of at least 4 members (excludes halogenated alkanes) is 20. The number of amides is 1. The van der Waals surface area contributed by atoms with E-state index in [9.17, 15) is 19.4 Å². The van der Waals surface area contributed by atoms with Crippen LogP contribution in [0.5, 0.6) is 0 Å². The molecule has 0 rings (SSSR count). The van der Waals surface area contributed by atoms with E-state index in [2.05, 4.69) is 19.2 Å². The average Bonchev–Trinajstić information content (AvgIpc) is 2.95. The fraction of sp³-hybridized carbons (Fsp3) is 0.971. The smallest absolute Gasteiger partial charge is 0.391 e. The van der Waals surface area contributed by atoms with Crippen molar-refractivity contribution in [3.05, 3.63) is 0 Å². The highest BCUT2D eigenvalue weighted by molar-refractivity contribution is 7.47. The van der Waals surface area contributed by atoms with Crippen molar-refractivity contribution in [1.82, 2.24) is 5.32 Å². The second-order valence-electron chi connectivity index (χ2n) is 14.0. The highest BCUT2D eigenvalue weighted by Gasteiger charge is 2.28. The predicted octanol–water partition coefficient (Wildman–Crippen LogP) is 9.07. The minimum Gasteiger partial charge on any atom is -0.391 e. The molecule has 0 radical (unpaired) electrons. The molecule has 0 saturated carbocycles. The number of phosphoric acid groups is 1. The van der Waals surface area contributed by atoms with Crippen LogP contribution < -0.4 is 5.32 Å². The summed E-state index contributed by atoms with van der Waals surface area (Å²) in [6.07, 6.45) is 26.9. The van der Waals surface area contributed by atoms with Crippen molar-refractivity contribution in [3.63, 3.8) is 0 Å². The molecule has 0 aliphatic heterocycles. The number of quaternary nitrogens is 1. The van der Waals surface area contributed by atoms with E-state index in [-0.39, 0.29) is 19.1 Å². The Balaban J connectivity index is 4.44. The highest BCUT2D eigenvalue weighted by Crippen LogP contribution is 2.43. The Morgan fingerprint density at radius 2 is 1.09 bits per heavy atom. The van der Waals surface area contributed by atoms with Crippen LogP contribution in [-0.4, -0.2) is 73.4 Å². The third kappa shape index (κ3) is 30.2. The van der Waals surface area contributed by atoms with Gasteiger partial charge in [0, 0.05) is 6.42 Å². The van der Waals surface area contributed by atoms with E-state index in [0.29, 0.717) is 23.9 Å². The van der Waals surface area contributed by atoms with Gasteiger partial charge in [-0.05, 0) is 12.8 Å². The maximum absolute atomic E-state index is 12.7. The van der Waals surface area contributed by atoms with Crippen LogP contribution >= 0.6 is 7.82 Å². The SMILES string of the molecule is CCCCCCCCCCCCCCCC(=O)N[C@@H](COP(=O)(O)OCC[N+](C)(C)C)[C@H](O)CCCCCCCCCCC. The van der Waals surface area contributed by atoms with Gasteiger partial charge in [-0.15, -0.1) is 0 Å². The molecule has 0 saturated heterocycles. The fourth-order valence-corrected chi connectivity index (χ4v) is 6.07. The molecule has 0 heterocycles. The maximum atomic E-state index is 12.7. The Morgan fingerprint density at radius 3 is 1.52 bits per heavy atom. The molecule has 0 aliphatic carbocycles. The van der Waals surface area contributed by atoms with Gasteiger partial charge in [-0.2, -0.15) is 0 Å². The van der Waals surface area contributed by atoms with Gasteiger partial charge in [0.2, 0.25) is 5.91 Å². The number of nitrogens with zero attached hydrogens (tertiary/aromatic N) is 1. The largest absolute Gasteiger partial charge is 0.472 e. The van der Waals surface area contributed by atoms with Crippen molar-refractivity contribution in [3.8, 4) is 0 Å². The van der Waals surface area contributed by atoms with Crippen LogP contribution in [0.2, 0.25) is 0 Å². The first-order chi connectivity index (χ1) is 21.0. The number of aliphatic hydroxyl groups excluding tert-OH is 1. The molecule has 9 heteroatoms. The van der Waals surface area contributed by atoms with E-state index in [0.717, 1.165) is 38.5 Å². The number of hydrogen-bond donors (Lipinski definition) is 3. The third-order valence-corrected chi connectivity index (χ3v) is 9.34. The monoisotopic (exact) mass is 650 g/mol. The van der Waals surface area contributed by atoms with Gasteiger partial charge in [0.15, 0.2) is 0 Å². The number of likely N-dealkylation sites (N-methyl/N-ethyl adjacent to an activating group) is 1. The zero-order chi connectivity index (χ0) is 32.9. The van der Waals surface area contributed by atoms with Gasteiger partial charge in [0.1, 0.15) is 13.2 Å². The zero-order valence-corrected chi connectivity index (χ0v) is 30.6. The summed E-state index contributed by atoms with van der Waals surface area (Å²) in [7, 11) is 1.62. The number of carbonyl (C=O) groups is 1. The molecule has 0 fully saturated rings. The van der Waals surface area contributed by atoms with Gasteiger partial charge in [-0.1, -0.05) is 149 Å². The van der Waals surface area contributed by atoms with Crippen LogP contribution in [0.3, 0.4) is 0 Å². The molecule has 1 unspecified atom stereocenters. The van der Waals surface area contributed by atoms with Gasteiger partial charge < -0.3 is 19.8 Å². The minimum atomic E-state index is -4.29. The lowest BCUT2D eigenvalue weighted by Gasteiger charge is -2.26. The Bertz CT molecular complexity index is 703. The fourth-order valence-electron chi connectivity index (χ4n) is 5.34. The molecule has 0 aromatic heterocycles. The number of hydrogen-bond acceptors (Lipinski definition) is 5. The summed E-state index contributed by atoms with van der Waals surface area (Å²) in [5, 5.41) is 13.8. The predicted molar refractivity (Wildman–Crippen MR) is 185 cm³/mol. The summed E-state index contributed by atoms with van der Waals surface area (Å²) >= 11 is 0. The number of phosphoric ester groups is 1. The molecule has 1 amide bonds. The molecule has 3 N–H and O–H groups in total. The summed E-state index contributed by atoms with van der Waals surface area (Å²) < 4.78 is 23.4. The summed E-state index contributed by atoms with van der Waals surface area (Å²) in [6, 6.07) is -0.749. The average molecular weight is 650 g/mol. The summed E-state index contributed by atoms with van der Waals surface area (Å²) in [6.45, 7) is 4.85. The van der Waals surface area contributed by atoms with Crippen molar-refractivity contribution in [1.29, 1.82) is 0 Å². The third-order valence-electron chi connectivity index (χ3n) is 8.36. The van der Waals surface area contributed by atoms with E-state index in [1.807, 2.05) is 21.1 Å². The number of aliphatic hydroxyl groups is 1. The second-order valence-corrected chi connectivity index (χ2v) is 15.4. The first-order valence-corrected chi connectivity index (χ1v) is 19.9. The minimum absolute atomic E-state index is 0.0777. The first-order valence-electron chi connectivity index (χ1n) is 18.4. The van der Waals surface area contributed by atoms with Gasteiger partial charge in [0.05, 0.1) is 39.9 Å². The van der Waals surface area contributed by atoms with Crippen molar-refractivity contribution in [2.75, 3.05) is 40.9 Å². The highest BCUT2D eigenvalue weighted by atomic mass is 31.2. The molecule has 44 heavy (non-hydrogen) atoms. The van der Waals surface area contributed by atoms with E-state index < -0.39 is 20.0 Å². The van der Waals surface area contributed by atoms with Crippen LogP contribution in [-0.2, 0) is 18.4 Å². The van der Waals surface area contributed by atoms with E-state index in [1.54, 1.807) is 0 Å². The number of nitrogens with one attached hydrogen (secondary N) is 1. The van der Waals surface area contributed by atoms with Gasteiger partial charge >= 0.3 is 7.82 Å². The molecular weight excluding hydrogens is 575 g/mol. The lowest BCUT2D eigenvalue weighted by molar-refractivity contribution is -0.870. The normalized spacial score (nSPS) is 14.8. The Hall–Kier alpha value is -0.500. The standard InChI is InChI=1S/C35H73N2O6P/c1-6-8-10-12-14-16-17-18-19-21-23-25-27-29-35(39)36-33(32-43-44(40,41)42-31-30-37(3,4)5)34(38)28-26-24-22-20-15-13-11-9-7-2/h33-34,38H,6-32H2,1-5H3,(H-,36,39,40,41)/p+1/t33-,34+/m0/s1. The molecule has 264 valence electrons. The van der Waals surface area contributed by atoms with Crippen molar-refractivity contribution >= 4 is 13.7 Å². The zero-order valence-electron chi connectivity index (χ0n) is 29.7. The number of rotatable bonds is 33. The topological polar surface area (TPSA) is 105 Å². The molecule has 0 aliphatic rings. The Morgan fingerprint density at radius 1 is 0.682 bits per heavy atom. The summed E-state index contributed by atoms with van der Waals surface area (Å²) in [5.74, 6) is -0.147. The van der Waals surface area contributed by atoms with Crippen LogP contribution in [0.1, 0.15) is 168 Å². The van der Waals surface area contributed by atoms with E-state index in [4.69, 9.17) is 9.05 Å². The second kappa shape index (κ2) is 28.7. The molecule has 0 aromatic rings. The van der Waals surface area contributed by atoms with Gasteiger partial charge in [-0.25, -0.2) is 4.57 Å². The number of carbonyl (C=O) groups excluding carboxylic acids is 1.